The normalized spacial score (nSPS) is 10.9. The molecule has 0 atom stereocenters. The molecule has 0 spiro atoms. The summed E-state index contributed by atoms with van der Waals surface area (Å²) < 4.78 is 6.88. The van der Waals surface area contributed by atoms with E-state index < -0.39 is 0 Å². The van der Waals surface area contributed by atoms with Crippen molar-refractivity contribution in [3.63, 3.8) is 0 Å². The van der Waals surface area contributed by atoms with Gasteiger partial charge in [-0.2, -0.15) is 0 Å². The average molecular weight is 286 g/mol. The zero-order valence-electron chi connectivity index (χ0n) is 10.2. The van der Waals surface area contributed by atoms with Gasteiger partial charge in [-0.25, -0.2) is 0 Å². The summed E-state index contributed by atoms with van der Waals surface area (Å²) in [5.41, 5.74) is 7.92. The van der Waals surface area contributed by atoms with E-state index in [1.165, 1.54) is 0 Å². The van der Waals surface area contributed by atoms with Crippen LogP contribution in [0.5, 0.6) is 5.75 Å². The topological polar surface area (TPSA) is 35.2 Å². The summed E-state index contributed by atoms with van der Waals surface area (Å²) in [6.45, 7) is 7.71. The molecular formula is C13H20BrNO. The van der Waals surface area contributed by atoms with Crippen molar-refractivity contribution in [1.82, 2.24) is 0 Å². The lowest BCUT2D eigenvalue weighted by Crippen LogP contribution is -2.07. The van der Waals surface area contributed by atoms with E-state index in [1.54, 1.807) is 0 Å². The summed E-state index contributed by atoms with van der Waals surface area (Å²) >= 11 is 3.47. The van der Waals surface area contributed by atoms with E-state index in [-0.39, 0.29) is 0 Å². The highest BCUT2D eigenvalue weighted by atomic mass is 79.9. The molecule has 0 amide bonds. The highest BCUT2D eigenvalue weighted by Gasteiger charge is 2.08. The van der Waals surface area contributed by atoms with Gasteiger partial charge in [0, 0.05) is 16.6 Å². The van der Waals surface area contributed by atoms with Crippen LogP contribution in [-0.4, -0.2) is 6.61 Å². The van der Waals surface area contributed by atoms with Crippen molar-refractivity contribution in [3.05, 3.63) is 27.7 Å². The Balaban J connectivity index is 2.77. The van der Waals surface area contributed by atoms with Gasteiger partial charge in [0.25, 0.3) is 0 Å². The van der Waals surface area contributed by atoms with Crippen LogP contribution in [0.25, 0.3) is 0 Å². The fourth-order valence-corrected chi connectivity index (χ4v) is 2.17. The number of halogens is 1. The highest BCUT2D eigenvalue weighted by molar-refractivity contribution is 9.10. The average Bonchev–Trinajstić information content (AvgIpc) is 2.20. The lowest BCUT2D eigenvalue weighted by atomic mass is 10.1. The Morgan fingerprint density at radius 3 is 2.62 bits per heavy atom. The van der Waals surface area contributed by atoms with Crippen LogP contribution in [0.4, 0.5) is 0 Å². The number of aryl methyl sites for hydroxylation is 1. The Kier molecular flexibility index (Phi) is 5.29. The molecule has 0 saturated carbocycles. The number of benzene rings is 1. The van der Waals surface area contributed by atoms with Gasteiger partial charge in [-0.05, 0) is 37.0 Å². The van der Waals surface area contributed by atoms with Gasteiger partial charge in [-0.3, -0.25) is 0 Å². The monoisotopic (exact) mass is 285 g/mol. The molecule has 0 aliphatic heterocycles. The third-order valence-corrected chi connectivity index (χ3v) is 2.94. The lowest BCUT2D eigenvalue weighted by Gasteiger charge is -2.14. The SMILES string of the molecule is Cc1cc(Br)cc(CN)c1OCCC(C)C. The van der Waals surface area contributed by atoms with Crippen molar-refractivity contribution in [2.24, 2.45) is 11.7 Å². The van der Waals surface area contributed by atoms with Gasteiger partial charge in [-0.1, -0.05) is 29.8 Å². The van der Waals surface area contributed by atoms with Crippen molar-refractivity contribution in [2.45, 2.75) is 33.7 Å². The maximum Gasteiger partial charge on any atom is 0.126 e. The molecule has 0 bridgehead atoms. The molecule has 0 aromatic heterocycles. The van der Waals surface area contributed by atoms with Crippen molar-refractivity contribution in [3.8, 4) is 5.75 Å². The molecule has 90 valence electrons. The van der Waals surface area contributed by atoms with E-state index in [9.17, 15) is 0 Å². The zero-order chi connectivity index (χ0) is 12.1. The van der Waals surface area contributed by atoms with E-state index >= 15 is 0 Å². The first kappa shape index (κ1) is 13.5. The van der Waals surface area contributed by atoms with Gasteiger partial charge in [0.05, 0.1) is 6.61 Å². The fourth-order valence-electron chi connectivity index (χ4n) is 1.55. The van der Waals surface area contributed by atoms with Gasteiger partial charge >= 0.3 is 0 Å². The second kappa shape index (κ2) is 6.26. The molecule has 1 aromatic rings. The van der Waals surface area contributed by atoms with Gasteiger partial charge in [0.15, 0.2) is 0 Å². The van der Waals surface area contributed by atoms with Crippen molar-refractivity contribution in [2.75, 3.05) is 6.61 Å². The molecule has 2 N–H and O–H groups in total. The summed E-state index contributed by atoms with van der Waals surface area (Å²) in [7, 11) is 0. The molecule has 3 heteroatoms. The van der Waals surface area contributed by atoms with Crippen LogP contribution in [0.3, 0.4) is 0 Å². The smallest absolute Gasteiger partial charge is 0.126 e. The van der Waals surface area contributed by atoms with Crippen molar-refractivity contribution < 1.29 is 4.74 Å². The molecule has 0 aliphatic carbocycles. The van der Waals surface area contributed by atoms with Crippen LogP contribution < -0.4 is 10.5 Å². The zero-order valence-corrected chi connectivity index (χ0v) is 11.8. The highest BCUT2D eigenvalue weighted by Crippen LogP contribution is 2.28. The lowest BCUT2D eigenvalue weighted by molar-refractivity contribution is 0.285. The number of hydrogen-bond acceptors (Lipinski definition) is 2. The number of nitrogens with two attached hydrogens (primary N) is 1. The molecule has 0 fully saturated rings. The van der Waals surface area contributed by atoms with Gasteiger partial charge in [-0.15, -0.1) is 0 Å². The van der Waals surface area contributed by atoms with Gasteiger partial charge in [0.1, 0.15) is 5.75 Å². The molecule has 16 heavy (non-hydrogen) atoms. The molecular weight excluding hydrogens is 266 g/mol. The summed E-state index contributed by atoms with van der Waals surface area (Å²) in [5.74, 6) is 1.61. The maximum absolute atomic E-state index is 5.82. The Labute approximate surface area is 106 Å². The summed E-state index contributed by atoms with van der Waals surface area (Å²) in [6, 6.07) is 4.08. The molecule has 2 nitrogen and oxygen atoms in total. The minimum atomic E-state index is 0.511. The Bertz CT molecular complexity index is 350. The molecule has 0 radical (unpaired) electrons. The number of rotatable bonds is 5. The minimum absolute atomic E-state index is 0.511. The summed E-state index contributed by atoms with van der Waals surface area (Å²) in [5, 5.41) is 0. The third kappa shape index (κ3) is 3.80. The predicted molar refractivity (Wildman–Crippen MR) is 71.7 cm³/mol. The molecule has 1 aromatic carbocycles. The van der Waals surface area contributed by atoms with Gasteiger partial charge < -0.3 is 10.5 Å². The van der Waals surface area contributed by atoms with Gasteiger partial charge in [0.2, 0.25) is 0 Å². The van der Waals surface area contributed by atoms with Crippen LogP contribution >= 0.6 is 15.9 Å². The van der Waals surface area contributed by atoms with E-state index in [4.69, 9.17) is 10.5 Å². The molecule has 0 saturated heterocycles. The first-order chi connectivity index (χ1) is 7.54. The summed E-state index contributed by atoms with van der Waals surface area (Å²) in [4.78, 5) is 0. The molecule has 0 unspecified atom stereocenters. The van der Waals surface area contributed by atoms with E-state index in [1.807, 2.05) is 6.07 Å². The van der Waals surface area contributed by atoms with Crippen molar-refractivity contribution >= 4 is 15.9 Å². The second-order valence-electron chi connectivity index (χ2n) is 4.45. The van der Waals surface area contributed by atoms with Crippen LogP contribution in [0.15, 0.2) is 16.6 Å². The maximum atomic E-state index is 5.82. The molecule has 0 aliphatic rings. The molecule has 0 heterocycles. The Morgan fingerprint density at radius 2 is 2.06 bits per heavy atom. The van der Waals surface area contributed by atoms with Crippen molar-refractivity contribution in [1.29, 1.82) is 0 Å². The summed E-state index contributed by atoms with van der Waals surface area (Å²) in [6.07, 6.45) is 1.07. The number of ether oxygens (including phenoxy) is 1. The van der Waals surface area contributed by atoms with E-state index in [0.29, 0.717) is 12.5 Å². The number of hydrogen-bond donors (Lipinski definition) is 1. The van der Waals surface area contributed by atoms with Crippen LogP contribution in [0, 0.1) is 12.8 Å². The Hall–Kier alpha value is -0.540. The fraction of sp³-hybridized carbons (Fsp3) is 0.538. The quantitative estimate of drug-likeness (QED) is 0.897. The Morgan fingerprint density at radius 1 is 1.38 bits per heavy atom. The first-order valence-corrected chi connectivity index (χ1v) is 6.45. The first-order valence-electron chi connectivity index (χ1n) is 5.66. The largest absolute Gasteiger partial charge is 0.493 e. The standard InChI is InChI=1S/C13H20BrNO/c1-9(2)4-5-16-13-10(3)6-12(14)7-11(13)8-15/h6-7,9H,4-5,8,15H2,1-3H3. The van der Waals surface area contributed by atoms with E-state index in [2.05, 4.69) is 42.8 Å². The van der Waals surface area contributed by atoms with Crippen LogP contribution in [0.1, 0.15) is 31.4 Å². The van der Waals surface area contributed by atoms with Crippen LogP contribution in [0.2, 0.25) is 0 Å². The second-order valence-corrected chi connectivity index (χ2v) is 5.36. The predicted octanol–water partition coefficient (Wildman–Crippen LogP) is 3.64. The van der Waals surface area contributed by atoms with Crippen LogP contribution in [-0.2, 0) is 6.54 Å². The van der Waals surface area contributed by atoms with E-state index in [0.717, 1.165) is 34.4 Å². The molecule has 1 rings (SSSR count). The minimum Gasteiger partial charge on any atom is -0.493 e. The third-order valence-electron chi connectivity index (χ3n) is 2.48.